The van der Waals surface area contributed by atoms with E-state index in [9.17, 15) is 0 Å². The summed E-state index contributed by atoms with van der Waals surface area (Å²) in [5.74, 6) is 0. The van der Waals surface area contributed by atoms with Gasteiger partial charge in [-0.15, -0.1) is 0 Å². The highest BCUT2D eigenvalue weighted by molar-refractivity contribution is 8.26. The molecule has 0 atom stereocenters. The average molecular weight is 179 g/mol. The van der Waals surface area contributed by atoms with Crippen molar-refractivity contribution < 1.29 is 0 Å². The smallest absolute Gasteiger partial charge is 0.139 e. The first-order valence-electron chi connectivity index (χ1n) is 3.00. The van der Waals surface area contributed by atoms with Crippen LogP contribution in [0.3, 0.4) is 0 Å². The first-order valence-corrected chi connectivity index (χ1v) is 4.22. The second kappa shape index (κ2) is 4.12. The predicted octanol–water partition coefficient (Wildman–Crippen LogP) is 2.58. The molecule has 54 valence electrons. The van der Waals surface area contributed by atoms with Crippen molar-refractivity contribution in [1.82, 2.24) is 0 Å². The maximum Gasteiger partial charge on any atom is 0.139 e. The normalized spacial score (nSPS) is 8.64. The summed E-state index contributed by atoms with van der Waals surface area (Å²) in [6, 6.07) is 9.52. The van der Waals surface area contributed by atoms with Gasteiger partial charge < -0.3 is 0 Å². The van der Waals surface area contributed by atoms with Crippen molar-refractivity contribution >= 4 is 28.2 Å². The summed E-state index contributed by atoms with van der Waals surface area (Å²) in [5.41, 5.74) is 0.939. The molecule has 0 N–H and O–H groups in total. The van der Waals surface area contributed by atoms with Gasteiger partial charge in [0, 0.05) is 11.8 Å². The number of benzene rings is 1. The summed E-state index contributed by atoms with van der Waals surface area (Å²) in [6.45, 7) is 0. The molecule has 0 radical (unpaired) electrons. The highest BCUT2D eigenvalue weighted by atomic mass is 32.2. The molecule has 0 amide bonds. The van der Waals surface area contributed by atoms with Crippen LogP contribution in [0.15, 0.2) is 30.3 Å². The van der Waals surface area contributed by atoms with Gasteiger partial charge in [-0.3, -0.25) is 0 Å². The van der Waals surface area contributed by atoms with Crippen LogP contribution in [0.4, 0.5) is 0 Å². The van der Waals surface area contributed by atoms with Gasteiger partial charge in [0.2, 0.25) is 0 Å². The number of hydrogen-bond donors (Lipinski definition) is 0. The number of thioether (sulfide) groups is 1. The quantitative estimate of drug-likeness (QED) is 0.489. The molecule has 1 nitrogen and oxygen atoms in total. The van der Waals surface area contributed by atoms with E-state index in [4.69, 9.17) is 17.5 Å². The van der Waals surface area contributed by atoms with Crippen LogP contribution in [0, 0.1) is 10.7 Å². The minimum Gasteiger partial charge on any atom is -0.185 e. The SMILES string of the molecule is N#CSC(=S)c1ccccc1. The molecule has 11 heavy (non-hydrogen) atoms. The fourth-order valence-corrected chi connectivity index (χ4v) is 1.26. The number of nitriles is 1. The third-order valence-corrected chi connectivity index (χ3v) is 2.15. The summed E-state index contributed by atoms with van der Waals surface area (Å²) in [4.78, 5) is 0. The summed E-state index contributed by atoms with van der Waals surface area (Å²) < 4.78 is 0.633. The monoisotopic (exact) mass is 179 g/mol. The Morgan fingerprint density at radius 3 is 2.55 bits per heavy atom. The lowest BCUT2D eigenvalue weighted by atomic mass is 10.2. The van der Waals surface area contributed by atoms with Crippen LogP contribution in [0.2, 0.25) is 0 Å². The number of thiocarbonyl (C=S) groups is 1. The van der Waals surface area contributed by atoms with Gasteiger partial charge in [-0.1, -0.05) is 42.5 Å². The third-order valence-electron chi connectivity index (χ3n) is 1.15. The van der Waals surface area contributed by atoms with Crippen LogP contribution >= 0.6 is 24.0 Å². The largest absolute Gasteiger partial charge is 0.185 e. The molecule has 0 spiro atoms. The van der Waals surface area contributed by atoms with Gasteiger partial charge in [0.05, 0.1) is 4.20 Å². The van der Waals surface area contributed by atoms with E-state index in [1.807, 2.05) is 35.7 Å². The maximum atomic E-state index is 8.32. The highest BCUT2D eigenvalue weighted by Crippen LogP contribution is 2.11. The highest BCUT2D eigenvalue weighted by Gasteiger charge is 1.98. The molecule has 0 saturated heterocycles. The van der Waals surface area contributed by atoms with Crippen molar-refractivity contribution in [2.45, 2.75) is 0 Å². The Balaban J connectivity index is 2.79. The molecule has 0 bridgehead atoms. The zero-order chi connectivity index (χ0) is 8.10. The Labute approximate surface area is 75.0 Å². The van der Waals surface area contributed by atoms with Crippen LogP contribution in [0.25, 0.3) is 0 Å². The van der Waals surface area contributed by atoms with Gasteiger partial charge >= 0.3 is 0 Å². The predicted molar refractivity (Wildman–Crippen MR) is 51.3 cm³/mol. The molecule has 0 saturated carbocycles. The Morgan fingerprint density at radius 2 is 2.00 bits per heavy atom. The van der Waals surface area contributed by atoms with Crippen LogP contribution in [0.5, 0.6) is 0 Å². The van der Waals surface area contributed by atoms with Crippen molar-refractivity contribution in [2.24, 2.45) is 0 Å². The van der Waals surface area contributed by atoms with Gasteiger partial charge in [-0.2, -0.15) is 5.26 Å². The minimum atomic E-state index is 0.633. The van der Waals surface area contributed by atoms with E-state index in [-0.39, 0.29) is 0 Å². The molecule has 3 heteroatoms. The molecule has 0 aliphatic heterocycles. The van der Waals surface area contributed by atoms with E-state index in [1.54, 1.807) is 0 Å². The van der Waals surface area contributed by atoms with Crippen LogP contribution in [0.1, 0.15) is 5.56 Å². The molecule has 1 rings (SSSR count). The van der Waals surface area contributed by atoms with E-state index >= 15 is 0 Å². The lowest BCUT2D eigenvalue weighted by Gasteiger charge is -1.94. The lowest BCUT2D eigenvalue weighted by Crippen LogP contribution is -1.87. The van der Waals surface area contributed by atoms with Gasteiger partial charge in [0.15, 0.2) is 0 Å². The second-order valence-corrected chi connectivity index (χ2v) is 3.31. The Bertz CT molecular complexity index is 287. The van der Waals surface area contributed by atoms with Crippen LogP contribution in [-0.4, -0.2) is 4.20 Å². The molecule has 0 aliphatic rings. The van der Waals surface area contributed by atoms with E-state index in [0.29, 0.717) is 4.20 Å². The van der Waals surface area contributed by atoms with Gasteiger partial charge in [0.1, 0.15) is 5.40 Å². The Morgan fingerprint density at radius 1 is 1.36 bits per heavy atom. The van der Waals surface area contributed by atoms with E-state index in [0.717, 1.165) is 17.3 Å². The molecule has 1 aromatic carbocycles. The molecular formula is C8H5NS2. The molecule has 0 heterocycles. The zero-order valence-electron chi connectivity index (χ0n) is 5.65. The fourth-order valence-electron chi connectivity index (χ4n) is 0.675. The van der Waals surface area contributed by atoms with Crippen LogP contribution < -0.4 is 0 Å². The second-order valence-electron chi connectivity index (χ2n) is 1.85. The Hall–Kier alpha value is -0.850. The summed E-state index contributed by atoms with van der Waals surface area (Å²) >= 11 is 5.98. The fraction of sp³-hybridized carbons (Fsp3) is 0. The van der Waals surface area contributed by atoms with Gasteiger partial charge in [-0.25, -0.2) is 0 Å². The third kappa shape index (κ3) is 2.34. The van der Waals surface area contributed by atoms with Gasteiger partial charge in [0.25, 0.3) is 0 Å². The first kappa shape index (κ1) is 8.25. The molecular weight excluding hydrogens is 174 g/mol. The lowest BCUT2D eigenvalue weighted by molar-refractivity contribution is 1.57. The molecule has 0 aliphatic carbocycles. The summed E-state index contributed by atoms with van der Waals surface area (Å²) in [5, 5.41) is 10.3. The van der Waals surface area contributed by atoms with Crippen molar-refractivity contribution in [1.29, 1.82) is 5.26 Å². The average Bonchev–Trinajstić information content (AvgIpc) is 2.07. The number of thiocyanates is 1. The zero-order valence-corrected chi connectivity index (χ0v) is 7.28. The van der Waals surface area contributed by atoms with E-state index < -0.39 is 0 Å². The van der Waals surface area contributed by atoms with Crippen molar-refractivity contribution in [3.8, 4) is 5.40 Å². The van der Waals surface area contributed by atoms with Crippen molar-refractivity contribution in [2.75, 3.05) is 0 Å². The van der Waals surface area contributed by atoms with Crippen molar-refractivity contribution in [3.63, 3.8) is 0 Å². The minimum absolute atomic E-state index is 0.633. The standard InChI is InChI=1S/C8H5NS2/c9-6-11-8(10)7-4-2-1-3-5-7/h1-5H. The van der Waals surface area contributed by atoms with Crippen molar-refractivity contribution in [3.05, 3.63) is 35.9 Å². The van der Waals surface area contributed by atoms with E-state index in [2.05, 4.69) is 0 Å². The number of nitrogens with zero attached hydrogens (tertiary/aromatic N) is 1. The molecule has 1 aromatic rings. The number of rotatable bonds is 1. The maximum absolute atomic E-state index is 8.32. The summed E-state index contributed by atoms with van der Waals surface area (Å²) in [6.07, 6.45) is 0. The van der Waals surface area contributed by atoms with E-state index in [1.165, 1.54) is 0 Å². The summed E-state index contributed by atoms with van der Waals surface area (Å²) in [7, 11) is 0. The Kier molecular flexibility index (Phi) is 3.09. The topological polar surface area (TPSA) is 23.8 Å². The number of hydrogen-bond acceptors (Lipinski definition) is 3. The molecule has 0 fully saturated rings. The van der Waals surface area contributed by atoms with Gasteiger partial charge in [-0.05, 0) is 5.56 Å². The first-order chi connectivity index (χ1) is 5.34. The van der Waals surface area contributed by atoms with Crippen LogP contribution in [-0.2, 0) is 0 Å². The molecule has 0 unspecified atom stereocenters. The molecule has 0 aromatic heterocycles.